The lowest BCUT2D eigenvalue weighted by Gasteiger charge is -2.16. The standard InChI is InChI=1S/C26H26FN3O3/c27-22-8-3-10-24(15-22)33-18-21-7-2-9-23(14-21)29-26(32)28-16-19-5-1-6-20(13-19)17-30-12-4-11-25(30)31/h1-3,5-10,13-15H,4,11-12,16-18H2,(H2,28,29,32). The van der Waals surface area contributed by atoms with E-state index in [0.717, 1.165) is 29.7 Å². The van der Waals surface area contributed by atoms with E-state index in [2.05, 4.69) is 10.6 Å². The highest BCUT2D eigenvalue weighted by Gasteiger charge is 2.19. The van der Waals surface area contributed by atoms with Crippen LogP contribution >= 0.6 is 0 Å². The van der Waals surface area contributed by atoms with E-state index in [4.69, 9.17) is 4.74 Å². The molecule has 0 aromatic heterocycles. The average molecular weight is 448 g/mol. The molecule has 3 aromatic carbocycles. The lowest BCUT2D eigenvalue weighted by Crippen LogP contribution is -2.28. The number of likely N-dealkylation sites (tertiary alicyclic amines) is 1. The summed E-state index contributed by atoms with van der Waals surface area (Å²) in [7, 11) is 0. The predicted octanol–water partition coefficient (Wildman–Crippen LogP) is 4.85. The Bertz CT molecular complexity index is 1140. The monoisotopic (exact) mass is 447 g/mol. The van der Waals surface area contributed by atoms with Gasteiger partial charge in [-0.1, -0.05) is 42.5 Å². The number of ether oxygens (including phenoxy) is 1. The second kappa shape index (κ2) is 10.6. The molecule has 33 heavy (non-hydrogen) atoms. The van der Waals surface area contributed by atoms with E-state index in [1.807, 2.05) is 47.4 Å². The molecule has 0 spiro atoms. The summed E-state index contributed by atoms with van der Waals surface area (Å²) < 4.78 is 18.9. The maximum absolute atomic E-state index is 13.3. The Kier molecular flexibility index (Phi) is 7.19. The fourth-order valence-electron chi connectivity index (χ4n) is 3.75. The van der Waals surface area contributed by atoms with Crippen molar-refractivity contribution < 1.29 is 18.7 Å². The number of carbonyl (C=O) groups is 2. The van der Waals surface area contributed by atoms with Gasteiger partial charge in [-0.15, -0.1) is 0 Å². The summed E-state index contributed by atoms with van der Waals surface area (Å²) in [6.07, 6.45) is 1.54. The number of hydrogen-bond acceptors (Lipinski definition) is 3. The molecule has 1 aliphatic heterocycles. The maximum Gasteiger partial charge on any atom is 0.319 e. The molecule has 0 radical (unpaired) electrons. The number of anilines is 1. The Morgan fingerprint density at radius 3 is 2.58 bits per heavy atom. The summed E-state index contributed by atoms with van der Waals surface area (Å²) in [5, 5.41) is 5.68. The third-order valence-electron chi connectivity index (χ3n) is 5.38. The quantitative estimate of drug-likeness (QED) is 0.519. The molecule has 0 atom stereocenters. The van der Waals surface area contributed by atoms with Crippen LogP contribution in [0.4, 0.5) is 14.9 Å². The van der Waals surface area contributed by atoms with E-state index < -0.39 is 0 Å². The van der Waals surface area contributed by atoms with E-state index in [1.165, 1.54) is 12.1 Å². The largest absolute Gasteiger partial charge is 0.489 e. The number of halogens is 1. The molecule has 1 fully saturated rings. The van der Waals surface area contributed by atoms with Gasteiger partial charge in [0.05, 0.1) is 0 Å². The number of nitrogens with zero attached hydrogens (tertiary/aromatic N) is 1. The highest BCUT2D eigenvalue weighted by atomic mass is 19.1. The van der Waals surface area contributed by atoms with Crippen molar-refractivity contribution in [3.05, 3.63) is 95.3 Å². The third kappa shape index (κ3) is 6.55. The van der Waals surface area contributed by atoms with Gasteiger partial charge in [0.2, 0.25) is 5.91 Å². The van der Waals surface area contributed by atoms with Crippen LogP contribution < -0.4 is 15.4 Å². The molecule has 6 nitrogen and oxygen atoms in total. The molecule has 0 bridgehead atoms. The van der Waals surface area contributed by atoms with Gasteiger partial charge in [0, 0.05) is 37.8 Å². The van der Waals surface area contributed by atoms with Crippen LogP contribution in [-0.2, 0) is 24.5 Å². The van der Waals surface area contributed by atoms with E-state index in [0.29, 0.717) is 30.9 Å². The minimum atomic E-state index is -0.352. The van der Waals surface area contributed by atoms with Crippen LogP contribution in [0.25, 0.3) is 0 Å². The van der Waals surface area contributed by atoms with Gasteiger partial charge < -0.3 is 20.3 Å². The molecular formula is C26H26FN3O3. The van der Waals surface area contributed by atoms with Crippen molar-refractivity contribution in [1.29, 1.82) is 0 Å². The van der Waals surface area contributed by atoms with Gasteiger partial charge in [0.25, 0.3) is 0 Å². The van der Waals surface area contributed by atoms with Crippen molar-refractivity contribution >= 4 is 17.6 Å². The van der Waals surface area contributed by atoms with Crippen LogP contribution in [0.3, 0.4) is 0 Å². The van der Waals surface area contributed by atoms with Crippen molar-refractivity contribution in [2.24, 2.45) is 0 Å². The Morgan fingerprint density at radius 2 is 1.76 bits per heavy atom. The van der Waals surface area contributed by atoms with Crippen LogP contribution in [0.15, 0.2) is 72.8 Å². The smallest absolute Gasteiger partial charge is 0.319 e. The normalized spacial score (nSPS) is 13.1. The first-order chi connectivity index (χ1) is 16.0. The first-order valence-corrected chi connectivity index (χ1v) is 10.9. The maximum atomic E-state index is 13.3. The average Bonchev–Trinajstić information content (AvgIpc) is 3.21. The molecule has 2 N–H and O–H groups in total. The molecule has 3 amide bonds. The van der Waals surface area contributed by atoms with E-state index in [9.17, 15) is 14.0 Å². The van der Waals surface area contributed by atoms with Gasteiger partial charge >= 0.3 is 6.03 Å². The van der Waals surface area contributed by atoms with Gasteiger partial charge in [-0.25, -0.2) is 9.18 Å². The topological polar surface area (TPSA) is 70.7 Å². The van der Waals surface area contributed by atoms with Crippen LogP contribution in [0.2, 0.25) is 0 Å². The number of carbonyl (C=O) groups excluding carboxylic acids is 2. The second-order valence-corrected chi connectivity index (χ2v) is 7.99. The Labute approximate surface area is 192 Å². The fraction of sp³-hybridized carbons (Fsp3) is 0.231. The summed E-state index contributed by atoms with van der Waals surface area (Å²) in [6.45, 7) is 2.03. The Hall–Kier alpha value is -3.87. The summed E-state index contributed by atoms with van der Waals surface area (Å²) in [6, 6.07) is 20.8. The van der Waals surface area contributed by atoms with Crippen LogP contribution in [0.5, 0.6) is 5.75 Å². The van der Waals surface area contributed by atoms with Crippen LogP contribution in [-0.4, -0.2) is 23.4 Å². The predicted molar refractivity (Wildman–Crippen MR) is 124 cm³/mol. The number of amides is 3. The van der Waals surface area contributed by atoms with Gasteiger partial charge in [-0.3, -0.25) is 4.79 Å². The number of benzene rings is 3. The second-order valence-electron chi connectivity index (χ2n) is 7.99. The summed E-state index contributed by atoms with van der Waals surface area (Å²) >= 11 is 0. The highest BCUT2D eigenvalue weighted by molar-refractivity contribution is 5.89. The molecule has 1 aliphatic rings. The third-order valence-corrected chi connectivity index (χ3v) is 5.38. The lowest BCUT2D eigenvalue weighted by molar-refractivity contribution is -0.128. The van der Waals surface area contributed by atoms with Gasteiger partial charge in [0.15, 0.2) is 0 Å². The fourth-order valence-corrected chi connectivity index (χ4v) is 3.75. The molecule has 170 valence electrons. The molecule has 7 heteroatoms. The van der Waals surface area contributed by atoms with Gasteiger partial charge in [-0.05, 0) is 47.4 Å². The molecule has 1 heterocycles. The zero-order chi connectivity index (χ0) is 23.0. The molecule has 1 saturated heterocycles. The van der Waals surface area contributed by atoms with Crippen molar-refractivity contribution in [3.8, 4) is 5.75 Å². The van der Waals surface area contributed by atoms with E-state index in [1.54, 1.807) is 18.2 Å². The lowest BCUT2D eigenvalue weighted by atomic mass is 10.1. The molecule has 4 rings (SSSR count). The molecule has 3 aromatic rings. The summed E-state index contributed by atoms with van der Waals surface area (Å²) in [5.74, 6) is 0.290. The van der Waals surface area contributed by atoms with Crippen LogP contribution in [0, 0.1) is 5.82 Å². The highest BCUT2D eigenvalue weighted by Crippen LogP contribution is 2.17. The first kappa shape index (κ1) is 22.3. The van der Waals surface area contributed by atoms with Crippen LogP contribution in [0.1, 0.15) is 29.5 Å². The van der Waals surface area contributed by atoms with Crippen molar-refractivity contribution in [2.75, 3.05) is 11.9 Å². The first-order valence-electron chi connectivity index (χ1n) is 10.9. The number of nitrogens with one attached hydrogen (secondary N) is 2. The van der Waals surface area contributed by atoms with E-state index >= 15 is 0 Å². The van der Waals surface area contributed by atoms with Crippen molar-refractivity contribution in [2.45, 2.75) is 32.5 Å². The number of rotatable bonds is 8. The SMILES string of the molecule is O=C(NCc1cccc(CN2CCCC2=O)c1)Nc1cccc(COc2cccc(F)c2)c1. The van der Waals surface area contributed by atoms with Crippen molar-refractivity contribution in [1.82, 2.24) is 10.2 Å². The van der Waals surface area contributed by atoms with Crippen molar-refractivity contribution in [3.63, 3.8) is 0 Å². The minimum absolute atomic E-state index is 0.196. The number of hydrogen-bond donors (Lipinski definition) is 2. The molecule has 0 aliphatic carbocycles. The van der Waals surface area contributed by atoms with Gasteiger partial charge in [0.1, 0.15) is 18.2 Å². The Morgan fingerprint density at radius 1 is 0.970 bits per heavy atom. The zero-order valence-corrected chi connectivity index (χ0v) is 18.2. The Balaban J connectivity index is 1.27. The summed E-state index contributed by atoms with van der Waals surface area (Å²) in [4.78, 5) is 26.1. The zero-order valence-electron chi connectivity index (χ0n) is 18.2. The minimum Gasteiger partial charge on any atom is -0.489 e. The molecule has 0 saturated carbocycles. The summed E-state index contributed by atoms with van der Waals surface area (Å²) in [5.41, 5.74) is 3.50. The van der Waals surface area contributed by atoms with E-state index in [-0.39, 0.29) is 24.4 Å². The van der Waals surface area contributed by atoms with Gasteiger partial charge in [-0.2, -0.15) is 0 Å². The number of urea groups is 1. The molecular weight excluding hydrogens is 421 g/mol. The molecule has 0 unspecified atom stereocenters.